The van der Waals surface area contributed by atoms with E-state index in [0.717, 1.165) is 22.2 Å². The number of benzene rings is 1. The van der Waals surface area contributed by atoms with Crippen molar-refractivity contribution in [2.45, 2.75) is 26.6 Å². The molecule has 1 aromatic heterocycles. The third kappa shape index (κ3) is 2.65. The predicted octanol–water partition coefficient (Wildman–Crippen LogP) is 2.53. The largest absolute Gasteiger partial charge is 0.479 e. The molecule has 94 valence electrons. The van der Waals surface area contributed by atoms with Crippen LogP contribution in [-0.2, 0) is 16.1 Å². The maximum atomic E-state index is 10.7. The molecule has 18 heavy (non-hydrogen) atoms. The number of ether oxygens (including phenoxy) is 1. The number of carboxylic acids is 1. The molecule has 0 amide bonds. The Hall–Kier alpha value is -1.94. The SMILES string of the molecule is Cc1cc(CO[C@@H](C)C(=O)O)c2ccccc2n1. The van der Waals surface area contributed by atoms with Gasteiger partial charge in [-0.3, -0.25) is 4.98 Å². The molecule has 1 heterocycles. The molecule has 4 nitrogen and oxygen atoms in total. The number of aryl methyl sites for hydroxylation is 1. The molecule has 0 aliphatic rings. The summed E-state index contributed by atoms with van der Waals surface area (Å²) in [5.41, 5.74) is 2.76. The number of aliphatic carboxylic acids is 1. The predicted molar refractivity (Wildman–Crippen MR) is 68.4 cm³/mol. The van der Waals surface area contributed by atoms with Crippen molar-refractivity contribution in [3.05, 3.63) is 41.6 Å². The summed E-state index contributed by atoms with van der Waals surface area (Å²) in [5, 5.41) is 9.79. The van der Waals surface area contributed by atoms with Crippen LogP contribution < -0.4 is 0 Å². The monoisotopic (exact) mass is 245 g/mol. The second-order valence-electron chi connectivity index (χ2n) is 4.23. The summed E-state index contributed by atoms with van der Waals surface area (Å²) in [6, 6.07) is 9.69. The van der Waals surface area contributed by atoms with Crippen LogP contribution in [0.4, 0.5) is 0 Å². The Morgan fingerprint density at radius 2 is 2.17 bits per heavy atom. The van der Waals surface area contributed by atoms with Crippen LogP contribution in [-0.4, -0.2) is 22.2 Å². The van der Waals surface area contributed by atoms with Gasteiger partial charge in [0.1, 0.15) is 0 Å². The summed E-state index contributed by atoms with van der Waals surface area (Å²) in [6.07, 6.45) is -0.808. The van der Waals surface area contributed by atoms with Gasteiger partial charge in [-0.2, -0.15) is 0 Å². The zero-order valence-electron chi connectivity index (χ0n) is 10.4. The number of pyridine rings is 1. The van der Waals surface area contributed by atoms with E-state index in [9.17, 15) is 4.79 Å². The van der Waals surface area contributed by atoms with E-state index in [4.69, 9.17) is 9.84 Å². The molecule has 0 saturated carbocycles. The number of para-hydroxylation sites is 1. The Kier molecular flexibility index (Phi) is 3.58. The highest BCUT2D eigenvalue weighted by Gasteiger charge is 2.12. The summed E-state index contributed by atoms with van der Waals surface area (Å²) in [7, 11) is 0. The van der Waals surface area contributed by atoms with E-state index < -0.39 is 12.1 Å². The fraction of sp³-hybridized carbons (Fsp3) is 0.286. The van der Waals surface area contributed by atoms with Crippen LogP contribution in [0, 0.1) is 6.92 Å². The Morgan fingerprint density at radius 1 is 1.44 bits per heavy atom. The lowest BCUT2D eigenvalue weighted by atomic mass is 10.1. The van der Waals surface area contributed by atoms with E-state index in [1.807, 2.05) is 37.3 Å². The number of aromatic nitrogens is 1. The van der Waals surface area contributed by atoms with Gasteiger partial charge in [0.05, 0.1) is 12.1 Å². The minimum absolute atomic E-state index is 0.275. The van der Waals surface area contributed by atoms with Crippen molar-refractivity contribution in [1.82, 2.24) is 4.98 Å². The van der Waals surface area contributed by atoms with Gasteiger partial charge in [-0.05, 0) is 31.5 Å². The lowest BCUT2D eigenvalue weighted by molar-refractivity contribution is -0.149. The van der Waals surface area contributed by atoms with Crippen molar-refractivity contribution >= 4 is 16.9 Å². The molecular formula is C14H15NO3. The zero-order chi connectivity index (χ0) is 13.1. The molecule has 0 aliphatic heterocycles. The highest BCUT2D eigenvalue weighted by Crippen LogP contribution is 2.19. The Labute approximate surface area is 105 Å². The van der Waals surface area contributed by atoms with E-state index in [1.54, 1.807) is 0 Å². The maximum Gasteiger partial charge on any atom is 0.332 e. The molecule has 1 aromatic carbocycles. The second kappa shape index (κ2) is 5.14. The zero-order valence-corrected chi connectivity index (χ0v) is 10.4. The minimum Gasteiger partial charge on any atom is -0.479 e. The van der Waals surface area contributed by atoms with Crippen molar-refractivity contribution in [2.75, 3.05) is 0 Å². The van der Waals surface area contributed by atoms with Crippen LogP contribution in [0.15, 0.2) is 30.3 Å². The number of rotatable bonds is 4. The van der Waals surface area contributed by atoms with Gasteiger partial charge in [0.15, 0.2) is 6.10 Å². The number of hydrogen-bond donors (Lipinski definition) is 1. The highest BCUT2D eigenvalue weighted by molar-refractivity contribution is 5.82. The second-order valence-corrected chi connectivity index (χ2v) is 4.23. The van der Waals surface area contributed by atoms with Gasteiger partial charge in [0, 0.05) is 11.1 Å². The van der Waals surface area contributed by atoms with Crippen molar-refractivity contribution in [1.29, 1.82) is 0 Å². The molecule has 0 bridgehead atoms. The topological polar surface area (TPSA) is 59.4 Å². The molecular weight excluding hydrogens is 230 g/mol. The summed E-state index contributed by atoms with van der Waals surface area (Å²) >= 11 is 0. The normalized spacial score (nSPS) is 12.6. The van der Waals surface area contributed by atoms with Gasteiger partial charge in [-0.1, -0.05) is 18.2 Å². The number of fused-ring (bicyclic) bond motifs is 1. The first kappa shape index (κ1) is 12.5. The van der Waals surface area contributed by atoms with Crippen molar-refractivity contribution in [3.63, 3.8) is 0 Å². The average molecular weight is 245 g/mol. The molecule has 0 radical (unpaired) electrons. The van der Waals surface area contributed by atoms with Crippen LogP contribution in [0.1, 0.15) is 18.2 Å². The van der Waals surface area contributed by atoms with E-state index in [0.29, 0.717) is 0 Å². The lowest BCUT2D eigenvalue weighted by Gasteiger charge is -2.11. The fourth-order valence-electron chi connectivity index (χ4n) is 1.80. The van der Waals surface area contributed by atoms with Crippen molar-refractivity contribution in [3.8, 4) is 0 Å². The molecule has 2 aromatic rings. The van der Waals surface area contributed by atoms with Crippen molar-refractivity contribution in [2.24, 2.45) is 0 Å². The number of carbonyl (C=O) groups is 1. The minimum atomic E-state index is -0.954. The summed E-state index contributed by atoms with van der Waals surface area (Å²) in [5.74, 6) is -0.954. The van der Waals surface area contributed by atoms with Crippen LogP contribution in [0.5, 0.6) is 0 Å². The molecule has 0 spiro atoms. The third-order valence-corrected chi connectivity index (χ3v) is 2.77. The molecule has 0 saturated heterocycles. The average Bonchev–Trinajstić information content (AvgIpc) is 2.35. The van der Waals surface area contributed by atoms with E-state index in [2.05, 4.69) is 4.98 Å². The Balaban J connectivity index is 2.29. The smallest absolute Gasteiger partial charge is 0.332 e. The van der Waals surface area contributed by atoms with E-state index in [-0.39, 0.29) is 6.61 Å². The molecule has 4 heteroatoms. The van der Waals surface area contributed by atoms with Crippen molar-refractivity contribution < 1.29 is 14.6 Å². The van der Waals surface area contributed by atoms with Gasteiger partial charge >= 0.3 is 5.97 Å². The highest BCUT2D eigenvalue weighted by atomic mass is 16.5. The summed E-state index contributed by atoms with van der Waals surface area (Å²) in [6.45, 7) is 3.71. The maximum absolute atomic E-state index is 10.7. The van der Waals surface area contributed by atoms with E-state index in [1.165, 1.54) is 6.92 Å². The molecule has 0 aliphatic carbocycles. The molecule has 2 rings (SSSR count). The van der Waals surface area contributed by atoms with Gasteiger partial charge in [-0.15, -0.1) is 0 Å². The lowest BCUT2D eigenvalue weighted by Crippen LogP contribution is -2.19. The Morgan fingerprint density at radius 3 is 2.89 bits per heavy atom. The van der Waals surface area contributed by atoms with Crippen LogP contribution in [0.2, 0.25) is 0 Å². The number of nitrogens with zero attached hydrogens (tertiary/aromatic N) is 1. The van der Waals surface area contributed by atoms with Crippen LogP contribution in [0.25, 0.3) is 10.9 Å². The molecule has 0 fully saturated rings. The third-order valence-electron chi connectivity index (χ3n) is 2.77. The molecule has 1 atom stereocenters. The van der Waals surface area contributed by atoms with Gasteiger partial charge in [0.25, 0.3) is 0 Å². The summed E-state index contributed by atoms with van der Waals surface area (Å²) < 4.78 is 5.33. The standard InChI is InChI=1S/C14H15NO3/c1-9-7-11(8-18-10(2)14(16)17)12-5-3-4-6-13(12)15-9/h3-7,10H,8H2,1-2H3,(H,16,17)/t10-/m0/s1. The molecule has 0 unspecified atom stereocenters. The quantitative estimate of drug-likeness (QED) is 0.899. The van der Waals surface area contributed by atoms with E-state index >= 15 is 0 Å². The first-order chi connectivity index (χ1) is 8.58. The van der Waals surface area contributed by atoms with Crippen LogP contribution in [0.3, 0.4) is 0 Å². The fourth-order valence-corrected chi connectivity index (χ4v) is 1.80. The Bertz CT molecular complexity index is 580. The molecule has 1 N–H and O–H groups in total. The van der Waals surface area contributed by atoms with Crippen LogP contribution >= 0.6 is 0 Å². The first-order valence-electron chi connectivity index (χ1n) is 5.77. The van der Waals surface area contributed by atoms with Gasteiger partial charge in [0.2, 0.25) is 0 Å². The number of hydrogen-bond acceptors (Lipinski definition) is 3. The summed E-state index contributed by atoms with van der Waals surface area (Å²) in [4.78, 5) is 15.1. The number of carboxylic acid groups (broad SMARTS) is 1. The van der Waals surface area contributed by atoms with Gasteiger partial charge < -0.3 is 9.84 Å². The van der Waals surface area contributed by atoms with Gasteiger partial charge in [-0.25, -0.2) is 4.79 Å². The first-order valence-corrected chi connectivity index (χ1v) is 5.77.